The van der Waals surface area contributed by atoms with Gasteiger partial charge in [0.15, 0.2) is 0 Å². The van der Waals surface area contributed by atoms with Gasteiger partial charge in [-0.15, -0.1) is 0 Å². The Morgan fingerprint density at radius 2 is 1.68 bits per heavy atom. The number of nitrogens with zero attached hydrogens (tertiary/aromatic N) is 1. The van der Waals surface area contributed by atoms with Crippen LogP contribution in [0.3, 0.4) is 0 Å². The molecule has 1 saturated heterocycles. The van der Waals surface area contributed by atoms with E-state index in [1.807, 2.05) is 30.3 Å². The molecule has 8 heteroatoms. The van der Waals surface area contributed by atoms with Crippen LogP contribution in [0.15, 0.2) is 54.6 Å². The highest BCUT2D eigenvalue weighted by Crippen LogP contribution is 2.21. The summed E-state index contributed by atoms with van der Waals surface area (Å²) in [5.41, 5.74) is 1.60. The quantitative estimate of drug-likeness (QED) is 0.805. The van der Waals surface area contributed by atoms with E-state index < -0.39 is 10.0 Å². The summed E-state index contributed by atoms with van der Waals surface area (Å²) < 4.78 is 24.9. The zero-order valence-corrected chi connectivity index (χ0v) is 16.4. The molecule has 1 aliphatic rings. The number of nitrogens with one attached hydrogen (secondary N) is 2. The van der Waals surface area contributed by atoms with Crippen molar-refractivity contribution < 1.29 is 18.0 Å². The number of carbonyl (C=O) groups excluding carboxylic acids is 2. The van der Waals surface area contributed by atoms with Gasteiger partial charge in [-0.2, -0.15) is 0 Å². The molecule has 0 bridgehead atoms. The normalized spacial score (nSPS) is 17.0. The largest absolute Gasteiger partial charge is 0.338 e. The molecular weight excluding hydrogens is 378 g/mol. The zero-order chi connectivity index (χ0) is 20.1. The Labute approximate surface area is 164 Å². The van der Waals surface area contributed by atoms with Crippen LogP contribution in [-0.2, 0) is 14.8 Å². The first-order valence-electron chi connectivity index (χ1n) is 9.05. The molecule has 0 aliphatic carbocycles. The van der Waals surface area contributed by atoms with E-state index in [2.05, 4.69) is 10.0 Å². The van der Waals surface area contributed by atoms with Crippen LogP contribution < -0.4 is 10.0 Å². The smallest absolute Gasteiger partial charge is 0.253 e. The summed E-state index contributed by atoms with van der Waals surface area (Å²) in [6.07, 6.45) is 2.56. The standard InChI is InChI=1S/C20H23N3O4S/c1-28(26,27)22-18-11-9-15(10-12-18)20(25)23-13-5-6-16(14-23)19(24)21-17-7-3-2-4-8-17/h2-4,7-12,16,22H,5-6,13-14H2,1H3,(H,21,24)/t16-/m0/s1. The van der Waals surface area contributed by atoms with E-state index in [0.29, 0.717) is 24.3 Å². The fraction of sp³-hybridized carbons (Fsp3) is 0.300. The van der Waals surface area contributed by atoms with Crippen LogP contribution in [0.4, 0.5) is 11.4 Å². The van der Waals surface area contributed by atoms with Gasteiger partial charge in [0.05, 0.1) is 12.2 Å². The molecule has 1 aliphatic heterocycles. The maximum Gasteiger partial charge on any atom is 0.253 e. The molecule has 2 N–H and O–H groups in total. The Morgan fingerprint density at radius 1 is 1.00 bits per heavy atom. The molecule has 2 amide bonds. The van der Waals surface area contributed by atoms with Gasteiger partial charge in [-0.1, -0.05) is 18.2 Å². The number of piperidine rings is 1. The molecule has 0 aromatic heterocycles. The Morgan fingerprint density at radius 3 is 2.32 bits per heavy atom. The third kappa shape index (κ3) is 5.32. The Balaban J connectivity index is 1.63. The SMILES string of the molecule is CS(=O)(=O)Nc1ccc(C(=O)N2CCC[C@H](C(=O)Nc3ccccc3)C2)cc1. The molecule has 148 valence electrons. The van der Waals surface area contributed by atoms with Crippen molar-refractivity contribution in [3.8, 4) is 0 Å². The second-order valence-electron chi connectivity index (χ2n) is 6.90. The number of rotatable bonds is 5. The van der Waals surface area contributed by atoms with E-state index in [1.165, 1.54) is 0 Å². The Hall–Kier alpha value is -2.87. The number of carbonyl (C=O) groups is 2. The van der Waals surface area contributed by atoms with Crippen LogP contribution in [-0.4, -0.2) is 44.5 Å². The van der Waals surface area contributed by atoms with E-state index in [0.717, 1.165) is 24.8 Å². The van der Waals surface area contributed by atoms with Crippen LogP contribution >= 0.6 is 0 Å². The summed E-state index contributed by atoms with van der Waals surface area (Å²) in [5, 5.41) is 2.90. The summed E-state index contributed by atoms with van der Waals surface area (Å²) in [5.74, 6) is -0.511. The first kappa shape index (κ1) is 19.9. The summed E-state index contributed by atoms with van der Waals surface area (Å²) in [6.45, 7) is 0.956. The van der Waals surface area contributed by atoms with Gasteiger partial charge in [-0.05, 0) is 49.2 Å². The van der Waals surface area contributed by atoms with Crippen LogP contribution in [0.2, 0.25) is 0 Å². The minimum atomic E-state index is -3.36. The lowest BCUT2D eigenvalue weighted by Gasteiger charge is -2.32. The van der Waals surface area contributed by atoms with Crippen LogP contribution in [0.25, 0.3) is 0 Å². The van der Waals surface area contributed by atoms with Gasteiger partial charge in [0.2, 0.25) is 15.9 Å². The summed E-state index contributed by atoms with van der Waals surface area (Å²) in [6, 6.07) is 15.5. The molecule has 2 aromatic rings. The fourth-order valence-corrected chi connectivity index (χ4v) is 3.78. The molecule has 28 heavy (non-hydrogen) atoms. The van der Waals surface area contributed by atoms with Gasteiger partial charge < -0.3 is 10.2 Å². The maximum atomic E-state index is 12.8. The van der Waals surface area contributed by atoms with Crippen molar-refractivity contribution in [2.24, 2.45) is 5.92 Å². The molecule has 1 fully saturated rings. The minimum Gasteiger partial charge on any atom is -0.338 e. The highest BCUT2D eigenvalue weighted by Gasteiger charge is 2.29. The molecule has 0 radical (unpaired) electrons. The first-order valence-corrected chi connectivity index (χ1v) is 10.9. The Bertz CT molecular complexity index is 943. The molecule has 7 nitrogen and oxygen atoms in total. The van der Waals surface area contributed by atoms with Gasteiger partial charge in [0, 0.05) is 30.0 Å². The third-order valence-corrected chi connectivity index (χ3v) is 5.16. The number of hydrogen-bond donors (Lipinski definition) is 2. The van der Waals surface area contributed by atoms with Gasteiger partial charge in [-0.3, -0.25) is 14.3 Å². The highest BCUT2D eigenvalue weighted by molar-refractivity contribution is 7.92. The summed E-state index contributed by atoms with van der Waals surface area (Å²) in [7, 11) is -3.36. The van der Waals surface area contributed by atoms with Crippen molar-refractivity contribution in [1.29, 1.82) is 0 Å². The van der Waals surface area contributed by atoms with Crippen molar-refractivity contribution in [3.05, 3.63) is 60.2 Å². The van der Waals surface area contributed by atoms with Crippen LogP contribution in [0.5, 0.6) is 0 Å². The van der Waals surface area contributed by atoms with Gasteiger partial charge in [-0.25, -0.2) is 8.42 Å². The van der Waals surface area contributed by atoms with Crippen molar-refractivity contribution in [2.75, 3.05) is 29.4 Å². The monoisotopic (exact) mass is 401 g/mol. The first-order chi connectivity index (χ1) is 13.3. The van der Waals surface area contributed by atoms with E-state index in [-0.39, 0.29) is 17.7 Å². The lowest BCUT2D eigenvalue weighted by molar-refractivity contribution is -0.121. The fourth-order valence-electron chi connectivity index (χ4n) is 3.22. The molecule has 3 rings (SSSR count). The van der Waals surface area contributed by atoms with E-state index in [1.54, 1.807) is 29.2 Å². The van der Waals surface area contributed by atoms with Crippen molar-refractivity contribution in [2.45, 2.75) is 12.8 Å². The topological polar surface area (TPSA) is 95.6 Å². The molecular formula is C20H23N3O4S. The van der Waals surface area contributed by atoms with E-state index in [9.17, 15) is 18.0 Å². The summed E-state index contributed by atoms with van der Waals surface area (Å²) in [4.78, 5) is 27.0. The molecule has 1 heterocycles. The van der Waals surface area contributed by atoms with E-state index >= 15 is 0 Å². The Kier molecular flexibility index (Phi) is 5.99. The van der Waals surface area contributed by atoms with E-state index in [4.69, 9.17) is 0 Å². The van der Waals surface area contributed by atoms with Crippen molar-refractivity contribution in [1.82, 2.24) is 4.90 Å². The van der Waals surface area contributed by atoms with Crippen molar-refractivity contribution >= 4 is 33.2 Å². The minimum absolute atomic E-state index is 0.0867. The molecule has 0 spiro atoms. The maximum absolute atomic E-state index is 12.8. The van der Waals surface area contributed by atoms with Crippen LogP contribution in [0.1, 0.15) is 23.2 Å². The molecule has 0 saturated carbocycles. The number of sulfonamides is 1. The third-order valence-electron chi connectivity index (χ3n) is 4.56. The van der Waals surface area contributed by atoms with Gasteiger partial charge >= 0.3 is 0 Å². The van der Waals surface area contributed by atoms with Crippen LogP contribution in [0, 0.1) is 5.92 Å². The number of benzene rings is 2. The van der Waals surface area contributed by atoms with Gasteiger partial charge in [0.1, 0.15) is 0 Å². The molecule has 1 atom stereocenters. The lowest BCUT2D eigenvalue weighted by Crippen LogP contribution is -2.43. The second-order valence-corrected chi connectivity index (χ2v) is 8.65. The number of likely N-dealkylation sites (tertiary alicyclic amines) is 1. The number of para-hydroxylation sites is 1. The number of hydrogen-bond acceptors (Lipinski definition) is 4. The summed E-state index contributed by atoms with van der Waals surface area (Å²) >= 11 is 0. The lowest BCUT2D eigenvalue weighted by atomic mass is 9.96. The molecule has 2 aromatic carbocycles. The zero-order valence-electron chi connectivity index (χ0n) is 15.6. The molecule has 0 unspecified atom stereocenters. The average Bonchev–Trinajstić information content (AvgIpc) is 2.68. The second kappa shape index (κ2) is 8.43. The number of anilines is 2. The highest BCUT2D eigenvalue weighted by atomic mass is 32.2. The van der Waals surface area contributed by atoms with Gasteiger partial charge in [0.25, 0.3) is 5.91 Å². The average molecular weight is 401 g/mol. The predicted molar refractivity (Wildman–Crippen MR) is 109 cm³/mol. The number of amides is 2. The van der Waals surface area contributed by atoms with Crippen molar-refractivity contribution in [3.63, 3.8) is 0 Å². The predicted octanol–water partition coefficient (Wildman–Crippen LogP) is 2.55.